The minimum Gasteiger partial charge on any atom is -0.496 e. The first-order valence-electron chi connectivity index (χ1n) is 9.88. The number of ether oxygens (including phenoxy) is 2. The Kier molecular flexibility index (Phi) is 8.02. The Hall–Kier alpha value is -3.17. The van der Waals surface area contributed by atoms with E-state index in [9.17, 15) is 14.4 Å². The number of thioether (sulfide) groups is 1. The molecule has 2 amide bonds. The van der Waals surface area contributed by atoms with E-state index in [0.29, 0.717) is 32.8 Å². The summed E-state index contributed by atoms with van der Waals surface area (Å²) in [7, 11) is 1.57. The van der Waals surface area contributed by atoms with Gasteiger partial charge in [-0.05, 0) is 43.3 Å². The molecule has 1 N–H and O–H groups in total. The van der Waals surface area contributed by atoms with Crippen LogP contribution < -0.4 is 10.1 Å². The first-order chi connectivity index (χ1) is 15.4. The van der Waals surface area contributed by atoms with Crippen molar-refractivity contribution in [3.63, 3.8) is 0 Å². The highest BCUT2D eigenvalue weighted by Crippen LogP contribution is 2.34. The van der Waals surface area contributed by atoms with Crippen LogP contribution in [-0.2, 0) is 14.3 Å². The number of carbonyl (C=O) groups excluding carboxylic acids is 3. The van der Waals surface area contributed by atoms with Crippen molar-refractivity contribution >= 4 is 57.8 Å². The van der Waals surface area contributed by atoms with Crippen molar-refractivity contribution in [2.75, 3.05) is 25.6 Å². The van der Waals surface area contributed by atoms with E-state index in [1.54, 1.807) is 44.4 Å². The lowest BCUT2D eigenvalue weighted by atomic mass is 10.2. The average Bonchev–Trinajstić information content (AvgIpc) is 3.05. The van der Waals surface area contributed by atoms with Crippen molar-refractivity contribution in [2.45, 2.75) is 13.3 Å². The van der Waals surface area contributed by atoms with E-state index in [1.165, 1.54) is 16.7 Å². The van der Waals surface area contributed by atoms with Gasteiger partial charge in [-0.3, -0.25) is 14.5 Å². The zero-order valence-electron chi connectivity index (χ0n) is 17.6. The van der Waals surface area contributed by atoms with E-state index in [0.717, 1.165) is 5.56 Å². The molecule has 1 aliphatic rings. The Balaban J connectivity index is 1.58. The van der Waals surface area contributed by atoms with Crippen molar-refractivity contribution in [2.24, 2.45) is 0 Å². The van der Waals surface area contributed by atoms with Gasteiger partial charge in [0, 0.05) is 24.2 Å². The second kappa shape index (κ2) is 10.9. The maximum atomic E-state index is 12.8. The van der Waals surface area contributed by atoms with E-state index < -0.39 is 5.97 Å². The highest BCUT2D eigenvalue weighted by molar-refractivity contribution is 8.26. The summed E-state index contributed by atoms with van der Waals surface area (Å²) in [6, 6.07) is 13.8. The van der Waals surface area contributed by atoms with Crippen molar-refractivity contribution in [1.29, 1.82) is 0 Å². The van der Waals surface area contributed by atoms with E-state index in [1.807, 2.05) is 24.3 Å². The van der Waals surface area contributed by atoms with Crippen LogP contribution >= 0.6 is 24.0 Å². The summed E-state index contributed by atoms with van der Waals surface area (Å²) in [5, 5.41) is 2.75. The number of nitrogens with zero attached hydrogens (tertiary/aromatic N) is 1. The van der Waals surface area contributed by atoms with Crippen LogP contribution in [0.2, 0.25) is 0 Å². The molecule has 2 aromatic carbocycles. The second-order valence-electron chi connectivity index (χ2n) is 6.67. The lowest BCUT2D eigenvalue weighted by molar-refractivity contribution is -0.122. The van der Waals surface area contributed by atoms with Crippen LogP contribution in [0.5, 0.6) is 5.75 Å². The molecule has 9 heteroatoms. The van der Waals surface area contributed by atoms with Crippen LogP contribution in [0, 0.1) is 0 Å². The maximum Gasteiger partial charge on any atom is 0.338 e. The van der Waals surface area contributed by atoms with E-state index in [4.69, 9.17) is 21.7 Å². The Morgan fingerprint density at radius 2 is 1.88 bits per heavy atom. The second-order valence-corrected chi connectivity index (χ2v) is 8.35. The molecule has 1 saturated heterocycles. The van der Waals surface area contributed by atoms with Gasteiger partial charge in [-0.2, -0.15) is 0 Å². The van der Waals surface area contributed by atoms with Crippen LogP contribution in [0.25, 0.3) is 6.08 Å². The monoisotopic (exact) mass is 470 g/mol. The van der Waals surface area contributed by atoms with Gasteiger partial charge in [0.05, 0.1) is 24.2 Å². The first kappa shape index (κ1) is 23.5. The number of anilines is 1. The van der Waals surface area contributed by atoms with E-state index in [2.05, 4.69) is 5.32 Å². The molecule has 1 fully saturated rings. The standard InChI is InChI=1S/C23H22N2O5S2/c1-3-30-22(28)15-8-10-17(11-9-15)24-20(26)12-13-25-21(27)19(32-23(25)31)14-16-6-4-5-7-18(16)29-2/h4-11,14H,3,12-13H2,1-2H3,(H,24,26)/b19-14+. The quantitative estimate of drug-likeness (QED) is 0.353. The zero-order chi connectivity index (χ0) is 23.1. The maximum absolute atomic E-state index is 12.8. The first-order valence-corrected chi connectivity index (χ1v) is 11.1. The van der Waals surface area contributed by atoms with Gasteiger partial charge in [-0.15, -0.1) is 0 Å². The molecule has 0 aromatic heterocycles. The van der Waals surface area contributed by atoms with Crippen molar-refractivity contribution in [1.82, 2.24) is 4.90 Å². The predicted octanol–water partition coefficient (Wildman–Crippen LogP) is 4.10. The van der Waals surface area contributed by atoms with Crippen molar-refractivity contribution < 1.29 is 23.9 Å². The molecule has 7 nitrogen and oxygen atoms in total. The zero-order valence-corrected chi connectivity index (χ0v) is 19.3. The molecule has 0 radical (unpaired) electrons. The molecule has 166 valence electrons. The van der Waals surface area contributed by atoms with Gasteiger partial charge in [0.1, 0.15) is 10.1 Å². The minimum absolute atomic E-state index is 0.0774. The molecule has 32 heavy (non-hydrogen) atoms. The number of thiocarbonyl (C=S) groups is 1. The van der Waals surface area contributed by atoms with E-state index >= 15 is 0 Å². The van der Waals surface area contributed by atoms with Gasteiger partial charge < -0.3 is 14.8 Å². The minimum atomic E-state index is -0.416. The number of methoxy groups -OCH3 is 1. The third-order valence-corrected chi connectivity index (χ3v) is 5.92. The Morgan fingerprint density at radius 3 is 2.56 bits per heavy atom. The number of esters is 1. The molecule has 2 aromatic rings. The number of benzene rings is 2. The Bertz CT molecular complexity index is 1070. The van der Waals surface area contributed by atoms with Gasteiger partial charge in [0.2, 0.25) is 5.91 Å². The lowest BCUT2D eigenvalue weighted by Gasteiger charge is -2.14. The summed E-state index contributed by atoms with van der Waals surface area (Å²) in [4.78, 5) is 38.7. The van der Waals surface area contributed by atoms with E-state index in [-0.39, 0.29) is 24.8 Å². The highest BCUT2D eigenvalue weighted by atomic mass is 32.2. The Morgan fingerprint density at radius 1 is 1.16 bits per heavy atom. The SMILES string of the molecule is CCOC(=O)c1ccc(NC(=O)CCN2C(=O)/C(=C\c3ccccc3OC)SC2=S)cc1. The topological polar surface area (TPSA) is 84.9 Å². The fourth-order valence-corrected chi connectivity index (χ4v) is 4.26. The third-order valence-electron chi connectivity index (χ3n) is 4.54. The molecule has 0 bridgehead atoms. The Labute approximate surface area is 195 Å². The fourth-order valence-electron chi connectivity index (χ4n) is 2.96. The van der Waals surface area contributed by atoms with Crippen molar-refractivity contribution in [3.05, 3.63) is 64.6 Å². The molecule has 1 heterocycles. The highest BCUT2D eigenvalue weighted by Gasteiger charge is 2.32. The molecular weight excluding hydrogens is 448 g/mol. The summed E-state index contributed by atoms with van der Waals surface area (Å²) < 4.78 is 10.7. The number of hydrogen-bond acceptors (Lipinski definition) is 7. The van der Waals surface area contributed by atoms with Crippen LogP contribution in [0.15, 0.2) is 53.4 Å². The summed E-state index contributed by atoms with van der Waals surface area (Å²) >= 11 is 6.53. The van der Waals surface area contributed by atoms with Gasteiger partial charge >= 0.3 is 5.97 Å². The molecule has 3 rings (SSSR count). The summed E-state index contributed by atoms with van der Waals surface area (Å²) in [5.74, 6) is -0.263. The van der Waals surface area contributed by atoms with Crippen LogP contribution in [-0.4, -0.2) is 47.3 Å². The van der Waals surface area contributed by atoms with Gasteiger partial charge in [-0.25, -0.2) is 4.79 Å². The molecule has 0 saturated carbocycles. The molecule has 0 spiro atoms. The van der Waals surface area contributed by atoms with Gasteiger partial charge in [-0.1, -0.05) is 42.2 Å². The molecule has 0 atom stereocenters. The number of amides is 2. The number of rotatable bonds is 8. The molecule has 1 aliphatic heterocycles. The molecule has 0 unspecified atom stereocenters. The summed E-state index contributed by atoms with van der Waals surface area (Å²) in [6.45, 7) is 2.20. The lowest BCUT2D eigenvalue weighted by Crippen LogP contribution is -2.31. The largest absolute Gasteiger partial charge is 0.496 e. The van der Waals surface area contributed by atoms with Crippen LogP contribution in [0.4, 0.5) is 5.69 Å². The third kappa shape index (κ3) is 5.74. The average molecular weight is 471 g/mol. The summed E-state index contributed by atoms with van der Waals surface area (Å²) in [6.07, 6.45) is 1.82. The predicted molar refractivity (Wildman–Crippen MR) is 129 cm³/mol. The van der Waals surface area contributed by atoms with Crippen molar-refractivity contribution in [3.8, 4) is 5.75 Å². The smallest absolute Gasteiger partial charge is 0.338 e. The number of nitrogens with one attached hydrogen (secondary N) is 1. The fraction of sp³-hybridized carbons (Fsp3) is 0.217. The molecule has 0 aliphatic carbocycles. The van der Waals surface area contributed by atoms with Crippen LogP contribution in [0.3, 0.4) is 0 Å². The van der Waals surface area contributed by atoms with Gasteiger partial charge in [0.15, 0.2) is 0 Å². The van der Waals surface area contributed by atoms with Crippen LogP contribution in [0.1, 0.15) is 29.3 Å². The molecular formula is C23H22N2O5S2. The number of para-hydroxylation sites is 1. The van der Waals surface area contributed by atoms with Gasteiger partial charge in [0.25, 0.3) is 5.91 Å². The normalized spacial score (nSPS) is 14.6. The summed E-state index contributed by atoms with van der Waals surface area (Å²) in [5.41, 5.74) is 1.73. The number of carbonyl (C=O) groups is 3. The number of hydrogen-bond donors (Lipinski definition) is 1.